The first-order valence-electron chi connectivity index (χ1n) is 12.0. The van der Waals surface area contributed by atoms with Crippen LogP contribution in [0, 0.1) is 6.92 Å². The number of aryl methyl sites for hydroxylation is 2. The van der Waals surface area contributed by atoms with Crippen molar-refractivity contribution in [2.75, 3.05) is 13.3 Å². The quantitative estimate of drug-likeness (QED) is 0.437. The third kappa shape index (κ3) is 5.85. The number of hydrogen-bond acceptors (Lipinski definition) is 5. The number of ether oxygens (including phenoxy) is 2. The van der Waals surface area contributed by atoms with Gasteiger partial charge in [-0.15, -0.1) is 0 Å². The van der Waals surface area contributed by atoms with E-state index in [1.54, 1.807) is 9.80 Å². The summed E-state index contributed by atoms with van der Waals surface area (Å²) in [5.74, 6) is 2.51. The lowest BCUT2D eigenvalue weighted by molar-refractivity contribution is -0.133. The van der Waals surface area contributed by atoms with E-state index in [1.807, 2.05) is 75.4 Å². The molecule has 7 heteroatoms. The van der Waals surface area contributed by atoms with Gasteiger partial charge in [0, 0.05) is 18.2 Å². The number of amides is 2. The maximum atomic E-state index is 13.6. The van der Waals surface area contributed by atoms with Crippen LogP contribution in [0.4, 0.5) is 0 Å². The number of furan rings is 1. The van der Waals surface area contributed by atoms with E-state index in [1.165, 1.54) is 0 Å². The van der Waals surface area contributed by atoms with Crippen LogP contribution in [0.15, 0.2) is 59.0 Å². The van der Waals surface area contributed by atoms with Crippen molar-refractivity contribution < 1.29 is 23.5 Å². The number of nitrogens with zero attached hydrogens (tertiary/aromatic N) is 2. The molecule has 0 spiro atoms. The molecule has 0 saturated carbocycles. The predicted molar refractivity (Wildman–Crippen MR) is 132 cm³/mol. The van der Waals surface area contributed by atoms with Crippen LogP contribution >= 0.6 is 0 Å². The van der Waals surface area contributed by atoms with Gasteiger partial charge >= 0.3 is 0 Å². The molecule has 0 atom stereocenters. The summed E-state index contributed by atoms with van der Waals surface area (Å²) < 4.78 is 16.7. The number of carbonyl (C=O) groups excluding carboxylic acids is 2. The molecule has 184 valence electrons. The minimum atomic E-state index is -0.163. The highest BCUT2D eigenvalue weighted by atomic mass is 16.7. The predicted octanol–water partition coefficient (Wildman–Crippen LogP) is 4.96. The maximum absolute atomic E-state index is 13.6. The minimum absolute atomic E-state index is 0.0315. The number of benzene rings is 2. The lowest BCUT2D eigenvalue weighted by Crippen LogP contribution is -2.45. The normalized spacial score (nSPS) is 12.1. The van der Waals surface area contributed by atoms with Crippen molar-refractivity contribution in [1.82, 2.24) is 9.80 Å². The summed E-state index contributed by atoms with van der Waals surface area (Å²) in [7, 11) is 0. The molecule has 0 unspecified atom stereocenters. The zero-order valence-corrected chi connectivity index (χ0v) is 20.7. The molecule has 0 N–H and O–H groups in total. The summed E-state index contributed by atoms with van der Waals surface area (Å²) in [5.41, 5.74) is 2.65. The van der Waals surface area contributed by atoms with Crippen molar-refractivity contribution in [1.29, 1.82) is 0 Å². The molecule has 1 aliphatic rings. The van der Waals surface area contributed by atoms with Crippen molar-refractivity contribution in [3.63, 3.8) is 0 Å². The molecular formula is C28H32N2O5. The third-order valence-corrected chi connectivity index (χ3v) is 6.10. The van der Waals surface area contributed by atoms with Crippen molar-refractivity contribution in [2.45, 2.75) is 53.2 Å². The number of rotatable bonds is 9. The zero-order chi connectivity index (χ0) is 24.9. The Bertz CT molecular complexity index is 1180. The zero-order valence-electron chi connectivity index (χ0n) is 20.7. The molecule has 0 aliphatic carbocycles. The molecule has 0 saturated heterocycles. The molecule has 1 aromatic heterocycles. The van der Waals surface area contributed by atoms with Gasteiger partial charge < -0.3 is 23.7 Å². The molecule has 3 aromatic rings. The SMILES string of the molecule is CCc1ccc(C(=O)N(CC(=O)N(Cc2ccc3c(c2)OCO3)Cc2ccc(C)o2)C(C)C)cc1. The lowest BCUT2D eigenvalue weighted by Gasteiger charge is -2.30. The highest BCUT2D eigenvalue weighted by molar-refractivity contribution is 5.96. The van der Waals surface area contributed by atoms with Gasteiger partial charge in [-0.05, 0) is 74.7 Å². The van der Waals surface area contributed by atoms with Crippen LogP contribution in [0.25, 0.3) is 0 Å². The van der Waals surface area contributed by atoms with Crippen molar-refractivity contribution in [2.24, 2.45) is 0 Å². The van der Waals surface area contributed by atoms with Gasteiger partial charge in [0.2, 0.25) is 12.7 Å². The van der Waals surface area contributed by atoms with Gasteiger partial charge in [-0.2, -0.15) is 0 Å². The Morgan fingerprint density at radius 2 is 1.63 bits per heavy atom. The molecule has 4 rings (SSSR count). The molecule has 35 heavy (non-hydrogen) atoms. The second-order valence-electron chi connectivity index (χ2n) is 9.03. The smallest absolute Gasteiger partial charge is 0.254 e. The van der Waals surface area contributed by atoms with Crippen LogP contribution in [-0.2, 0) is 24.3 Å². The first-order valence-corrected chi connectivity index (χ1v) is 12.0. The second kappa shape index (κ2) is 10.7. The molecule has 2 heterocycles. The van der Waals surface area contributed by atoms with E-state index in [2.05, 4.69) is 6.92 Å². The second-order valence-corrected chi connectivity index (χ2v) is 9.03. The standard InChI is InChI=1S/C28H32N2O5/c1-5-21-7-10-23(11-8-21)28(32)30(19(2)3)17-27(31)29(16-24-12-6-20(4)35-24)15-22-9-13-25-26(14-22)34-18-33-25/h6-14,19H,5,15-18H2,1-4H3. The highest BCUT2D eigenvalue weighted by Gasteiger charge is 2.26. The Morgan fingerprint density at radius 1 is 0.914 bits per heavy atom. The Morgan fingerprint density at radius 3 is 2.29 bits per heavy atom. The molecule has 2 amide bonds. The minimum Gasteiger partial charge on any atom is -0.464 e. The molecule has 2 aromatic carbocycles. The van der Waals surface area contributed by atoms with Gasteiger partial charge in [0.05, 0.1) is 6.54 Å². The first kappa shape index (κ1) is 24.4. The Balaban J connectivity index is 1.54. The van der Waals surface area contributed by atoms with E-state index in [0.717, 1.165) is 23.3 Å². The average molecular weight is 477 g/mol. The summed E-state index contributed by atoms with van der Waals surface area (Å²) in [5, 5.41) is 0. The van der Waals surface area contributed by atoms with Crippen molar-refractivity contribution in [3.05, 3.63) is 82.8 Å². The van der Waals surface area contributed by atoms with Crippen molar-refractivity contribution >= 4 is 11.8 Å². The summed E-state index contributed by atoms with van der Waals surface area (Å²) in [4.78, 5) is 30.2. The van der Waals surface area contributed by atoms with Gasteiger partial charge in [0.25, 0.3) is 5.91 Å². The van der Waals surface area contributed by atoms with E-state index >= 15 is 0 Å². The monoisotopic (exact) mass is 476 g/mol. The topological polar surface area (TPSA) is 72.2 Å². The van der Waals surface area contributed by atoms with E-state index in [-0.39, 0.29) is 31.2 Å². The van der Waals surface area contributed by atoms with Gasteiger partial charge in [-0.25, -0.2) is 0 Å². The third-order valence-electron chi connectivity index (χ3n) is 6.10. The van der Waals surface area contributed by atoms with Crippen LogP contribution in [0.2, 0.25) is 0 Å². The fraction of sp³-hybridized carbons (Fsp3) is 0.357. The fourth-order valence-electron chi connectivity index (χ4n) is 4.03. The van der Waals surface area contributed by atoms with E-state index in [0.29, 0.717) is 35.9 Å². The van der Waals surface area contributed by atoms with Gasteiger partial charge in [0.15, 0.2) is 11.5 Å². The van der Waals surface area contributed by atoms with E-state index in [9.17, 15) is 9.59 Å². The molecule has 1 aliphatic heterocycles. The lowest BCUT2D eigenvalue weighted by atomic mass is 10.1. The highest BCUT2D eigenvalue weighted by Crippen LogP contribution is 2.33. The summed E-state index contributed by atoms with van der Waals surface area (Å²) in [6.45, 7) is 8.59. The van der Waals surface area contributed by atoms with Crippen molar-refractivity contribution in [3.8, 4) is 11.5 Å². The van der Waals surface area contributed by atoms with E-state index in [4.69, 9.17) is 13.9 Å². The summed E-state index contributed by atoms with van der Waals surface area (Å²) in [6, 6.07) is 16.8. The van der Waals surface area contributed by atoms with Crippen LogP contribution < -0.4 is 9.47 Å². The number of carbonyl (C=O) groups is 2. The number of fused-ring (bicyclic) bond motifs is 1. The fourth-order valence-corrected chi connectivity index (χ4v) is 4.03. The molecule has 0 bridgehead atoms. The summed E-state index contributed by atoms with van der Waals surface area (Å²) in [6.07, 6.45) is 0.905. The molecule has 7 nitrogen and oxygen atoms in total. The van der Waals surface area contributed by atoms with Crippen LogP contribution in [0.1, 0.15) is 53.8 Å². The average Bonchev–Trinajstić information content (AvgIpc) is 3.49. The molecule has 0 fully saturated rings. The van der Waals surface area contributed by atoms with Crippen LogP contribution in [0.5, 0.6) is 11.5 Å². The maximum Gasteiger partial charge on any atom is 0.254 e. The molecule has 0 radical (unpaired) electrons. The van der Waals surface area contributed by atoms with E-state index < -0.39 is 0 Å². The van der Waals surface area contributed by atoms with Crippen LogP contribution in [-0.4, -0.2) is 41.0 Å². The number of hydrogen-bond donors (Lipinski definition) is 0. The Labute approximate surface area is 206 Å². The van der Waals surface area contributed by atoms with Gasteiger partial charge in [0.1, 0.15) is 18.1 Å². The first-order chi connectivity index (χ1) is 16.8. The summed E-state index contributed by atoms with van der Waals surface area (Å²) >= 11 is 0. The Kier molecular flexibility index (Phi) is 7.44. The largest absolute Gasteiger partial charge is 0.464 e. The Hall–Kier alpha value is -3.74. The van der Waals surface area contributed by atoms with Gasteiger partial charge in [-0.3, -0.25) is 9.59 Å². The van der Waals surface area contributed by atoms with Gasteiger partial charge in [-0.1, -0.05) is 25.1 Å². The molecular weight excluding hydrogens is 444 g/mol. The van der Waals surface area contributed by atoms with Crippen LogP contribution in [0.3, 0.4) is 0 Å².